The number of benzene rings is 1. The molecule has 8 nitrogen and oxygen atoms in total. The highest BCUT2D eigenvalue weighted by molar-refractivity contribution is 6.04. The van der Waals surface area contributed by atoms with Crippen molar-refractivity contribution in [3.8, 4) is 0 Å². The molecule has 1 unspecified atom stereocenters. The van der Waals surface area contributed by atoms with Gasteiger partial charge in [0.2, 0.25) is 12.3 Å². The first-order valence-electron chi connectivity index (χ1n) is 10.1. The molecule has 1 heterocycles. The van der Waals surface area contributed by atoms with Crippen LogP contribution >= 0.6 is 0 Å². The number of nitrogens with two attached hydrogens (primary N) is 1. The van der Waals surface area contributed by atoms with Crippen LogP contribution in [0.4, 0.5) is 10.1 Å². The van der Waals surface area contributed by atoms with Crippen LogP contribution in [0.2, 0.25) is 0 Å². The van der Waals surface area contributed by atoms with Gasteiger partial charge < -0.3 is 20.7 Å². The molecular weight excluding hydrogens is 391 g/mol. The Hall–Kier alpha value is -2.81. The molecule has 9 heteroatoms. The Labute approximate surface area is 174 Å². The number of hydrogen-bond acceptors (Lipinski definition) is 6. The molecule has 4 atom stereocenters. The molecule has 162 valence electrons. The van der Waals surface area contributed by atoms with Gasteiger partial charge in [-0.3, -0.25) is 19.3 Å². The third kappa shape index (κ3) is 3.94. The van der Waals surface area contributed by atoms with Crippen molar-refractivity contribution >= 4 is 30.2 Å². The lowest BCUT2D eigenvalue weighted by Crippen LogP contribution is -2.48. The van der Waals surface area contributed by atoms with Crippen LogP contribution in [0.1, 0.15) is 28.8 Å². The molecule has 0 spiro atoms. The molecule has 0 aromatic heterocycles. The average molecular weight is 418 g/mol. The van der Waals surface area contributed by atoms with E-state index in [1.807, 2.05) is 4.90 Å². The molecule has 0 bridgehead atoms. The first-order valence-corrected chi connectivity index (χ1v) is 10.1. The number of carbonyl (C=O) groups excluding carboxylic acids is 4. The number of anilines is 1. The molecule has 2 aliphatic rings. The quantitative estimate of drug-likeness (QED) is 0.564. The zero-order valence-electron chi connectivity index (χ0n) is 17.1. The smallest absolute Gasteiger partial charge is 0.261 e. The van der Waals surface area contributed by atoms with E-state index in [-0.39, 0.29) is 24.8 Å². The summed E-state index contributed by atoms with van der Waals surface area (Å²) in [5.74, 6) is -0.314. The maximum absolute atomic E-state index is 14.7. The fraction of sp³-hybridized carbons (Fsp3) is 0.524. The average Bonchev–Trinajstić information content (AvgIpc) is 3.21. The SMILES string of the molecule is CNC(=O)C(CCC=O)N(C=O)C(=O)c1cc(N2C[C@@H]3[C@@H](CN)[C@@H]3C2)c(F)cc1C. The molecule has 2 fully saturated rings. The van der Waals surface area contributed by atoms with Crippen LogP contribution in [0.5, 0.6) is 0 Å². The van der Waals surface area contributed by atoms with E-state index in [0.717, 1.165) is 4.90 Å². The predicted molar refractivity (Wildman–Crippen MR) is 108 cm³/mol. The number of aryl methyl sites for hydroxylation is 1. The van der Waals surface area contributed by atoms with Crippen molar-refractivity contribution in [3.05, 3.63) is 29.1 Å². The third-order valence-electron chi connectivity index (χ3n) is 6.30. The number of aldehydes is 1. The van der Waals surface area contributed by atoms with Gasteiger partial charge in [0, 0.05) is 32.1 Å². The number of carbonyl (C=O) groups is 4. The summed E-state index contributed by atoms with van der Waals surface area (Å²) in [6.45, 7) is 3.56. The van der Waals surface area contributed by atoms with Crippen LogP contribution in [0.25, 0.3) is 0 Å². The fourth-order valence-electron chi connectivity index (χ4n) is 4.52. The van der Waals surface area contributed by atoms with E-state index in [2.05, 4.69) is 5.32 Å². The van der Waals surface area contributed by atoms with Crippen molar-refractivity contribution in [2.75, 3.05) is 31.6 Å². The number of piperidine rings is 1. The van der Waals surface area contributed by atoms with Gasteiger partial charge in [-0.1, -0.05) is 0 Å². The monoisotopic (exact) mass is 418 g/mol. The summed E-state index contributed by atoms with van der Waals surface area (Å²) in [4.78, 5) is 50.5. The number of nitrogens with zero attached hydrogens (tertiary/aromatic N) is 2. The van der Waals surface area contributed by atoms with Crippen molar-refractivity contribution < 1.29 is 23.6 Å². The molecule has 1 aliphatic heterocycles. The van der Waals surface area contributed by atoms with Gasteiger partial charge in [0.1, 0.15) is 18.1 Å². The summed E-state index contributed by atoms with van der Waals surface area (Å²) in [6, 6.07) is 1.60. The van der Waals surface area contributed by atoms with E-state index < -0.39 is 23.7 Å². The molecule has 0 radical (unpaired) electrons. The minimum Gasteiger partial charge on any atom is -0.369 e. The van der Waals surface area contributed by atoms with E-state index in [0.29, 0.717) is 54.9 Å². The minimum absolute atomic E-state index is 0.0106. The largest absolute Gasteiger partial charge is 0.369 e. The second-order valence-electron chi connectivity index (χ2n) is 7.94. The van der Waals surface area contributed by atoms with Crippen LogP contribution in [-0.4, -0.2) is 62.1 Å². The molecule has 3 N–H and O–H groups in total. The van der Waals surface area contributed by atoms with Gasteiger partial charge in [0.25, 0.3) is 5.91 Å². The molecular formula is C21H27FN4O4. The number of fused-ring (bicyclic) bond motifs is 1. The first kappa shape index (κ1) is 21.9. The minimum atomic E-state index is -1.12. The van der Waals surface area contributed by atoms with Crippen molar-refractivity contribution in [2.24, 2.45) is 23.5 Å². The van der Waals surface area contributed by atoms with Crippen LogP contribution in [0, 0.1) is 30.5 Å². The topological polar surface area (TPSA) is 113 Å². The summed E-state index contributed by atoms with van der Waals surface area (Å²) < 4.78 is 14.7. The predicted octanol–water partition coefficient (Wildman–Crippen LogP) is 0.467. The van der Waals surface area contributed by atoms with E-state index >= 15 is 0 Å². The van der Waals surface area contributed by atoms with Crippen molar-refractivity contribution in [1.29, 1.82) is 0 Å². The molecule has 30 heavy (non-hydrogen) atoms. The lowest BCUT2D eigenvalue weighted by atomic mass is 10.0. The van der Waals surface area contributed by atoms with Crippen LogP contribution in [0.15, 0.2) is 12.1 Å². The Bertz CT molecular complexity index is 850. The Balaban J connectivity index is 1.88. The van der Waals surface area contributed by atoms with Gasteiger partial charge in [-0.15, -0.1) is 0 Å². The van der Waals surface area contributed by atoms with Crippen molar-refractivity contribution in [2.45, 2.75) is 25.8 Å². The summed E-state index contributed by atoms with van der Waals surface area (Å²) in [5, 5.41) is 2.41. The first-order chi connectivity index (χ1) is 14.4. The molecule has 1 aromatic carbocycles. The number of imide groups is 1. The normalized spacial score (nSPS) is 22.8. The second-order valence-corrected chi connectivity index (χ2v) is 7.94. The Morgan fingerprint density at radius 2 is 2.00 bits per heavy atom. The van der Waals surface area contributed by atoms with Gasteiger partial charge in [0.15, 0.2) is 0 Å². The summed E-state index contributed by atoms with van der Waals surface area (Å²) in [7, 11) is 1.39. The number of rotatable bonds is 9. The Morgan fingerprint density at radius 1 is 1.33 bits per heavy atom. The highest BCUT2D eigenvalue weighted by Crippen LogP contribution is 2.52. The van der Waals surface area contributed by atoms with Crippen molar-refractivity contribution in [1.82, 2.24) is 10.2 Å². The van der Waals surface area contributed by atoms with E-state index in [1.165, 1.54) is 19.2 Å². The molecule has 1 saturated carbocycles. The standard InChI is InChI=1S/C21H27FN4O4/c1-12-6-17(22)19(25-9-15-14(8-23)16(15)10-25)7-13(12)21(30)26(11-28)18(4-3-5-27)20(29)24-2/h5-7,11,14-16,18H,3-4,8-10,23H2,1-2H3,(H,24,29)/t14-,15-,16+,18?. The van der Waals surface area contributed by atoms with Gasteiger partial charge in [-0.05, 0) is 55.3 Å². The van der Waals surface area contributed by atoms with Gasteiger partial charge in [-0.2, -0.15) is 0 Å². The molecule has 1 aliphatic carbocycles. The van der Waals surface area contributed by atoms with Crippen LogP contribution in [-0.2, 0) is 14.4 Å². The maximum Gasteiger partial charge on any atom is 0.261 e. The number of likely N-dealkylation sites (N-methyl/N-ethyl adjacent to an activating group) is 1. The highest BCUT2D eigenvalue weighted by Gasteiger charge is 2.55. The lowest BCUT2D eigenvalue weighted by molar-refractivity contribution is -0.131. The molecule has 3 rings (SSSR count). The Kier molecular flexibility index (Phi) is 6.50. The number of amides is 3. The van der Waals surface area contributed by atoms with Crippen LogP contribution < -0.4 is 16.0 Å². The van der Waals surface area contributed by atoms with Crippen molar-refractivity contribution in [3.63, 3.8) is 0 Å². The van der Waals surface area contributed by atoms with Gasteiger partial charge in [-0.25, -0.2) is 4.39 Å². The molecule has 1 aromatic rings. The zero-order valence-corrected chi connectivity index (χ0v) is 17.1. The molecule has 3 amide bonds. The van der Waals surface area contributed by atoms with E-state index in [4.69, 9.17) is 5.73 Å². The van der Waals surface area contributed by atoms with Gasteiger partial charge in [0.05, 0.1) is 5.69 Å². The second kappa shape index (κ2) is 8.91. The summed E-state index contributed by atoms with van der Waals surface area (Å²) >= 11 is 0. The van der Waals surface area contributed by atoms with Crippen LogP contribution in [0.3, 0.4) is 0 Å². The highest BCUT2D eigenvalue weighted by atomic mass is 19.1. The number of halogens is 1. The lowest BCUT2D eigenvalue weighted by Gasteiger charge is -2.27. The van der Waals surface area contributed by atoms with Gasteiger partial charge >= 0.3 is 0 Å². The number of hydrogen-bond donors (Lipinski definition) is 2. The maximum atomic E-state index is 14.7. The summed E-state index contributed by atoms with van der Waals surface area (Å²) in [6.07, 6.45) is 0.934. The van der Waals surface area contributed by atoms with E-state index in [9.17, 15) is 23.6 Å². The zero-order chi connectivity index (χ0) is 22.0. The number of nitrogens with one attached hydrogen (secondary N) is 1. The Morgan fingerprint density at radius 3 is 2.53 bits per heavy atom. The fourth-order valence-corrected chi connectivity index (χ4v) is 4.52. The van der Waals surface area contributed by atoms with E-state index in [1.54, 1.807) is 6.92 Å². The molecule has 1 saturated heterocycles. The summed E-state index contributed by atoms with van der Waals surface area (Å²) in [5.41, 5.74) is 6.56. The third-order valence-corrected chi connectivity index (χ3v) is 6.30.